The van der Waals surface area contributed by atoms with Gasteiger partial charge in [-0.2, -0.15) is 0 Å². The molecule has 0 saturated heterocycles. The second-order valence-corrected chi connectivity index (χ2v) is 5.03. The molecule has 2 N–H and O–H groups in total. The van der Waals surface area contributed by atoms with Gasteiger partial charge in [-0.15, -0.1) is 0 Å². The zero-order chi connectivity index (χ0) is 14.7. The van der Waals surface area contributed by atoms with Crippen LogP contribution < -0.4 is 5.32 Å². The Balaban J connectivity index is 2.13. The fourth-order valence-corrected chi connectivity index (χ4v) is 2.01. The lowest BCUT2D eigenvalue weighted by Gasteiger charge is -2.07. The predicted octanol–water partition coefficient (Wildman–Crippen LogP) is 3.47. The first-order chi connectivity index (χ1) is 9.49. The first kappa shape index (κ1) is 14.6. The van der Waals surface area contributed by atoms with Crippen molar-refractivity contribution in [2.24, 2.45) is 0 Å². The zero-order valence-electron chi connectivity index (χ0n) is 11.3. The van der Waals surface area contributed by atoms with E-state index >= 15 is 0 Å². The maximum Gasteiger partial charge on any atom is 0.320 e. The third-order valence-electron chi connectivity index (χ3n) is 3.15. The molecule has 0 aliphatic carbocycles. The van der Waals surface area contributed by atoms with Crippen LogP contribution in [0.5, 0.6) is 0 Å². The first-order valence-corrected chi connectivity index (χ1v) is 6.67. The molecule has 106 valence electrons. The molecule has 20 heavy (non-hydrogen) atoms. The average Bonchev–Trinajstić information content (AvgIpc) is 2.87. The van der Waals surface area contributed by atoms with Crippen molar-refractivity contribution in [1.82, 2.24) is 5.32 Å². The number of furan rings is 1. The third-order valence-corrected chi connectivity index (χ3v) is 3.56. The number of aliphatic carboxylic acids is 1. The van der Waals surface area contributed by atoms with Crippen LogP contribution in [0.4, 0.5) is 0 Å². The van der Waals surface area contributed by atoms with E-state index in [4.69, 9.17) is 21.1 Å². The van der Waals surface area contributed by atoms with Gasteiger partial charge < -0.3 is 9.52 Å². The van der Waals surface area contributed by atoms with E-state index < -0.39 is 12.0 Å². The minimum atomic E-state index is -0.887. The van der Waals surface area contributed by atoms with E-state index in [1.807, 2.05) is 37.3 Å². The van der Waals surface area contributed by atoms with Gasteiger partial charge in [-0.05, 0) is 37.6 Å². The summed E-state index contributed by atoms with van der Waals surface area (Å²) in [5, 5.41) is 12.4. The van der Waals surface area contributed by atoms with E-state index in [1.54, 1.807) is 6.92 Å². The van der Waals surface area contributed by atoms with Crippen LogP contribution in [0.15, 0.2) is 34.7 Å². The van der Waals surface area contributed by atoms with Crippen LogP contribution in [-0.2, 0) is 11.3 Å². The quantitative estimate of drug-likeness (QED) is 0.886. The minimum absolute atomic E-state index is 0.368. The van der Waals surface area contributed by atoms with Crippen molar-refractivity contribution < 1.29 is 14.3 Å². The van der Waals surface area contributed by atoms with E-state index in [2.05, 4.69) is 5.32 Å². The Bertz CT molecular complexity index is 621. The summed E-state index contributed by atoms with van der Waals surface area (Å²) in [5.74, 6) is 0.528. The molecule has 0 radical (unpaired) electrons. The molecule has 1 heterocycles. The fourth-order valence-electron chi connectivity index (χ4n) is 1.83. The van der Waals surface area contributed by atoms with Crippen molar-refractivity contribution >= 4 is 17.6 Å². The van der Waals surface area contributed by atoms with Crippen LogP contribution in [0.25, 0.3) is 11.3 Å². The molecule has 0 unspecified atom stereocenters. The van der Waals surface area contributed by atoms with Crippen molar-refractivity contribution in [3.8, 4) is 11.3 Å². The fraction of sp³-hybridized carbons (Fsp3) is 0.267. The Labute approximate surface area is 122 Å². The number of rotatable bonds is 5. The normalized spacial score (nSPS) is 12.3. The van der Waals surface area contributed by atoms with Crippen molar-refractivity contribution in [3.05, 3.63) is 46.7 Å². The molecule has 0 bridgehead atoms. The van der Waals surface area contributed by atoms with E-state index in [1.165, 1.54) is 0 Å². The highest BCUT2D eigenvalue weighted by Crippen LogP contribution is 2.29. The SMILES string of the molecule is Cc1c(Cl)cccc1-c1ccc(CN[C@@H](C)C(=O)O)o1. The van der Waals surface area contributed by atoms with E-state index in [0.717, 1.165) is 16.9 Å². The van der Waals surface area contributed by atoms with Crippen molar-refractivity contribution in [3.63, 3.8) is 0 Å². The van der Waals surface area contributed by atoms with Crippen LogP contribution in [0, 0.1) is 6.92 Å². The molecule has 5 heteroatoms. The maximum absolute atomic E-state index is 10.7. The molecule has 0 aliphatic heterocycles. The molecule has 0 spiro atoms. The van der Waals surface area contributed by atoms with Gasteiger partial charge in [0, 0.05) is 10.6 Å². The number of carboxylic acids is 1. The molecule has 0 saturated carbocycles. The maximum atomic E-state index is 10.7. The first-order valence-electron chi connectivity index (χ1n) is 6.29. The lowest BCUT2D eigenvalue weighted by molar-refractivity contribution is -0.139. The lowest BCUT2D eigenvalue weighted by Crippen LogP contribution is -2.32. The van der Waals surface area contributed by atoms with Gasteiger partial charge in [0.25, 0.3) is 0 Å². The monoisotopic (exact) mass is 293 g/mol. The second kappa shape index (κ2) is 6.11. The summed E-state index contributed by atoms with van der Waals surface area (Å²) in [5.41, 5.74) is 1.90. The third kappa shape index (κ3) is 3.21. The van der Waals surface area contributed by atoms with E-state index in [0.29, 0.717) is 17.3 Å². The number of hydrogen-bond acceptors (Lipinski definition) is 3. The molecule has 4 nitrogen and oxygen atoms in total. The molecule has 1 atom stereocenters. The summed E-state index contributed by atoms with van der Waals surface area (Å²) in [6, 6.07) is 8.73. The van der Waals surface area contributed by atoms with Crippen LogP contribution in [0.1, 0.15) is 18.2 Å². The smallest absolute Gasteiger partial charge is 0.320 e. The molecular weight excluding hydrogens is 278 g/mol. The van der Waals surface area contributed by atoms with Crippen molar-refractivity contribution in [1.29, 1.82) is 0 Å². The van der Waals surface area contributed by atoms with Gasteiger partial charge in [0.05, 0.1) is 6.54 Å². The van der Waals surface area contributed by atoms with Gasteiger partial charge in [-0.1, -0.05) is 23.7 Å². The second-order valence-electron chi connectivity index (χ2n) is 4.62. The number of carboxylic acid groups (broad SMARTS) is 1. The summed E-state index contributed by atoms with van der Waals surface area (Å²) in [6.07, 6.45) is 0. The van der Waals surface area contributed by atoms with E-state index in [9.17, 15) is 4.79 Å². The lowest BCUT2D eigenvalue weighted by atomic mass is 10.1. The van der Waals surface area contributed by atoms with Crippen molar-refractivity contribution in [2.75, 3.05) is 0 Å². The molecule has 0 fully saturated rings. The number of carbonyl (C=O) groups is 1. The topological polar surface area (TPSA) is 62.5 Å². The average molecular weight is 294 g/mol. The molecule has 2 aromatic rings. The minimum Gasteiger partial charge on any atom is -0.480 e. The number of halogens is 1. The Morgan fingerprint density at radius 2 is 2.15 bits per heavy atom. The summed E-state index contributed by atoms with van der Waals surface area (Å²) in [7, 11) is 0. The summed E-state index contributed by atoms with van der Waals surface area (Å²) in [6.45, 7) is 3.89. The van der Waals surface area contributed by atoms with Crippen LogP contribution >= 0.6 is 11.6 Å². The molecule has 1 aromatic heterocycles. The van der Waals surface area contributed by atoms with Gasteiger partial charge in [0.1, 0.15) is 17.6 Å². The molecule has 0 amide bonds. The van der Waals surface area contributed by atoms with Crippen LogP contribution in [-0.4, -0.2) is 17.1 Å². The highest BCUT2D eigenvalue weighted by Gasteiger charge is 2.12. The number of hydrogen-bond donors (Lipinski definition) is 2. The highest BCUT2D eigenvalue weighted by atomic mass is 35.5. The number of nitrogens with one attached hydrogen (secondary N) is 1. The highest BCUT2D eigenvalue weighted by molar-refractivity contribution is 6.31. The Morgan fingerprint density at radius 1 is 1.40 bits per heavy atom. The van der Waals surface area contributed by atoms with Crippen LogP contribution in [0.2, 0.25) is 5.02 Å². The standard InChI is InChI=1S/C15H16ClNO3/c1-9-12(4-3-5-13(9)16)14-7-6-11(20-14)8-17-10(2)15(18)19/h3-7,10,17H,8H2,1-2H3,(H,18,19)/t10-/m0/s1. The molecule has 1 aromatic carbocycles. The van der Waals surface area contributed by atoms with Crippen molar-refractivity contribution in [2.45, 2.75) is 26.4 Å². The Hall–Kier alpha value is -1.78. The zero-order valence-corrected chi connectivity index (χ0v) is 12.1. The molecule has 0 aliphatic rings. The molecular formula is C15H16ClNO3. The van der Waals surface area contributed by atoms with Crippen LogP contribution in [0.3, 0.4) is 0 Å². The van der Waals surface area contributed by atoms with Gasteiger partial charge in [0.2, 0.25) is 0 Å². The number of benzene rings is 1. The van der Waals surface area contributed by atoms with E-state index in [-0.39, 0.29) is 0 Å². The van der Waals surface area contributed by atoms with Gasteiger partial charge in [0.15, 0.2) is 0 Å². The summed E-state index contributed by atoms with van der Waals surface area (Å²) < 4.78 is 5.72. The Morgan fingerprint density at radius 3 is 2.85 bits per heavy atom. The predicted molar refractivity (Wildman–Crippen MR) is 77.8 cm³/mol. The molecule has 2 rings (SSSR count). The largest absolute Gasteiger partial charge is 0.480 e. The summed E-state index contributed by atoms with van der Waals surface area (Å²) in [4.78, 5) is 10.7. The van der Waals surface area contributed by atoms with Gasteiger partial charge >= 0.3 is 5.97 Å². The Kier molecular flexibility index (Phi) is 4.47. The van der Waals surface area contributed by atoms with Gasteiger partial charge in [-0.3, -0.25) is 10.1 Å². The summed E-state index contributed by atoms with van der Waals surface area (Å²) >= 11 is 6.09. The van der Waals surface area contributed by atoms with Gasteiger partial charge in [-0.25, -0.2) is 0 Å².